The van der Waals surface area contributed by atoms with E-state index >= 15 is 0 Å². The van der Waals surface area contributed by atoms with Crippen molar-refractivity contribution in [3.05, 3.63) is 0 Å². The first kappa shape index (κ1) is 30.7. The second-order valence-corrected chi connectivity index (χ2v) is 20.6. The zero-order valence-electron chi connectivity index (χ0n) is 21.5. The molecule has 0 aromatic heterocycles. The van der Waals surface area contributed by atoms with E-state index in [9.17, 15) is 14.4 Å². The number of nitrogens with two attached hydrogens (primary N) is 1. The van der Waals surface area contributed by atoms with Crippen molar-refractivity contribution in [1.29, 1.82) is 0 Å². The molecule has 188 valence electrons. The van der Waals surface area contributed by atoms with Crippen molar-refractivity contribution in [2.45, 2.75) is 96.4 Å². The molecule has 2 amide bonds. The molecule has 0 aliphatic rings. The molecule has 0 aliphatic heterocycles. The van der Waals surface area contributed by atoms with E-state index in [1.165, 1.54) is 0 Å². The third-order valence-electron chi connectivity index (χ3n) is 6.33. The van der Waals surface area contributed by atoms with E-state index in [0.29, 0.717) is 0 Å². The standard InChI is InChI=1S/C21H45N3O6Si2/c1-20(2,3)31(7,8)29-16(18(27)23-13-11-15(25)26)17(19(28)24-14-12-22)30-32(9,10)21(4,5)6/h16-17H,11-14,22H2,1-10H3,(H,23,27)(H,24,28)(H,25,26)/t16-,17?/m0/s1. The van der Waals surface area contributed by atoms with E-state index in [1.807, 2.05) is 67.7 Å². The van der Waals surface area contributed by atoms with Crippen LogP contribution in [0.5, 0.6) is 0 Å². The Morgan fingerprint density at radius 2 is 1.16 bits per heavy atom. The van der Waals surface area contributed by atoms with Crippen LogP contribution in [0, 0.1) is 0 Å². The molecule has 0 aliphatic carbocycles. The maximum Gasteiger partial charge on any atom is 0.305 e. The lowest BCUT2D eigenvalue weighted by Crippen LogP contribution is -2.60. The van der Waals surface area contributed by atoms with Gasteiger partial charge in [-0.2, -0.15) is 0 Å². The Hall–Kier alpha value is -1.28. The number of carbonyl (C=O) groups is 3. The third-order valence-corrected chi connectivity index (χ3v) is 15.2. The van der Waals surface area contributed by atoms with Gasteiger partial charge < -0.3 is 30.3 Å². The molecule has 0 saturated carbocycles. The number of aliphatic carboxylic acids is 1. The van der Waals surface area contributed by atoms with Gasteiger partial charge in [-0.15, -0.1) is 0 Å². The Morgan fingerprint density at radius 1 is 0.812 bits per heavy atom. The first-order valence-electron chi connectivity index (χ1n) is 11.1. The highest BCUT2D eigenvalue weighted by molar-refractivity contribution is 6.75. The Labute approximate surface area is 195 Å². The van der Waals surface area contributed by atoms with E-state index in [1.54, 1.807) is 0 Å². The molecule has 0 radical (unpaired) electrons. The van der Waals surface area contributed by atoms with Gasteiger partial charge in [-0.3, -0.25) is 14.4 Å². The van der Waals surface area contributed by atoms with Crippen LogP contribution in [0.4, 0.5) is 0 Å². The molecule has 0 saturated heterocycles. The second kappa shape index (κ2) is 11.7. The quantitative estimate of drug-likeness (QED) is 0.307. The molecule has 0 bridgehead atoms. The lowest BCUT2D eigenvalue weighted by atomic mass is 10.1. The SMILES string of the molecule is CC(C)(C)[Si](C)(C)OC(C(=O)NCCN)[C@H](O[Si](C)(C)C(C)(C)C)C(=O)NCCC(=O)O. The number of carboxylic acid groups (broad SMARTS) is 1. The van der Waals surface area contributed by atoms with Crippen LogP contribution in [0.3, 0.4) is 0 Å². The average Bonchev–Trinajstić information content (AvgIpc) is 2.60. The summed E-state index contributed by atoms with van der Waals surface area (Å²) in [5, 5.41) is 13.8. The molecule has 0 rings (SSSR count). The van der Waals surface area contributed by atoms with Gasteiger partial charge in [0.25, 0.3) is 11.8 Å². The van der Waals surface area contributed by atoms with Crippen LogP contribution >= 0.6 is 0 Å². The van der Waals surface area contributed by atoms with Gasteiger partial charge in [-0.05, 0) is 36.3 Å². The third kappa shape index (κ3) is 9.30. The second-order valence-electron chi connectivity index (χ2n) is 11.1. The van der Waals surface area contributed by atoms with E-state index in [-0.39, 0.29) is 36.1 Å². The van der Waals surface area contributed by atoms with Crippen LogP contribution in [0.1, 0.15) is 48.0 Å². The summed E-state index contributed by atoms with van der Waals surface area (Å²) in [6.07, 6.45) is -2.62. The van der Waals surface area contributed by atoms with E-state index in [4.69, 9.17) is 19.7 Å². The largest absolute Gasteiger partial charge is 0.481 e. The smallest absolute Gasteiger partial charge is 0.305 e. The Bertz CT molecular complexity index is 657. The maximum absolute atomic E-state index is 13.2. The van der Waals surface area contributed by atoms with Crippen molar-refractivity contribution in [2.75, 3.05) is 19.6 Å². The number of hydrogen-bond donors (Lipinski definition) is 4. The number of carbonyl (C=O) groups excluding carboxylic acids is 2. The summed E-state index contributed by atoms with van der Waals surface area (Å²) >= 11 is 0. The van der Waals surface area contributed by atoms with Crippen molar-refractivity contribution in [3.8, 4) is 0 Å². The van der Waals surface area contributed by atoms with Crippen LogP contribution in [0.2, 0.25) is 36.3 Å². The Morgan fingerprint density at radius 3 is 1.44 bits per heavy atom. The number of amides is 2. The van der Waals surface area contributed by atoms with Crippen LogP contribution in [0.25, 0.3) is 0 Å². The fourth-order valence-electron chi connectivity index (χ4n) is 2.18. The summed E-state index contributed by atoms with van der Waals surface area (Å²) in [5.41, 5.74) is 5.56. The van der Waals surface area contributed by atoms with Crippen LogP contribution in [-0.2, 0) is 23.2 Å². The molecule has 0 spiro atoms. The van der Waals surface area contributed by atoms with Gasteiger partial charge in [-0.1, -0.05) is 41.5 Å². The molecule has 0 fully saturated rings. The fraction of sp³-hybridized carbons (Fsp3) is 0.857. The molecule has 9 nitrogen and oxygen atoms in total. The summed E-state index contributed by atoms with van der Waals surface area (Å²) < 4.78 is 12.9. The fourth-order valence-corrected chi connectivity index (χ4v) is 4.62. The Balaban J connectivity index is 6.24. The monoisotopic (exact) mass is 491 g/mol. The molecular formula is C21H45N3O6Si2. The lowest BCUT2D eigenvalue weighted by Gasteiger charge is -2.44. The highest BCUT2D eigenvalue weighted by Crippen LogP contribution is 2.40. The van der Waals surface area contributed by atoms with Crippen molar-refractivity contribution >= 4 is 34.4 Å². The zero-order valence-corrected chi connectivity index (χ0v) is 23.5. The van der Waals surface area contributed by atoms with Crippen molar-refractivity contribution in [3.63, 3.8) is 0 Å². The molecule has 1 unspecified atom stereocenters. The predicted molar refractivity (Wildman–Crippen MR) is 131 cm³/mol. The van der Waals surface area contributed by atoms with Crippen LogP contribution in [0.15, 0.2) is 0 Å². The van der Waals surface area contributed by atoms with E-state index in [0.717, 1.165) is 0 Å². The van der Waals surface area contributed by atoms with E-state index < -0.39 is 46.6 Å². The van der Waals surface area contributed by atoms with Gasteiger partial charge in [0.15, 0.2) is 28.8 Å². The van der Waals surface area contributed by atoms with Gasteiger partial charge in [0.1, 0.15) is 0 Å². The van der Waals surface area contributed by atoms with Gasteiger partial charge >= 0.3 is 5.97 Å². The van der Waals surface area contributed by atoms with Gasteiger partial charge in [0, 0.05) is 19.6 Å². The lowest BCUT2D eigenvalue weighted by molar-refractivity contribution is -0.144. The number of hydrogen-bond acceptors (Lipinski definition) is 6. The molecule has 32 heavy (non-hydrogen) atoms. The topological polar surface area (TPSA) is 140 Å². The summed E-state index contributed by atoms with van der Waals surface area (Å²) in [6, 6.07) is 0. The van der Waals surface area contributed by atoms with Crippen LogP contribution in [-0.4, -0.2) is 71.4 Å². The van der Waals surface area contributed by atoms with Crippen LogP contribution < -0.4 is 16.4 Å². The highest BCUT2D eigenvalue weighted by atomic mass is 28.4. The molecule has 2 atom stereocenters. The summed E-state index contributed by atoms with van der Waals surface area (Å²) in [7, 11) is -4.98. The summed E-state index contributed by atoms with van der Waals surface area (Å²) in [5.74, 6) is -2.04. The highest BCUT2D eigenvalue weighted by Gasteiger charge is 2.48. The number of rotatable bonds is 12. The number of carboxylic acids is 1. The minimum Gasteiger partial charge on any atom is -0.481 e. The van der Waals surface area contributed by atoms with Crippen molar-refractivity contribution < 1.29 is 28.3 Å². The van der Waals surface area contributed by atoms with Crippen molar-refractivity contribution in [1.82, 2.24) is 10.6 Å². The zero-order chi connectivity index (χ0) is 25.5. The Kier molecular flexibility index (Phi) is 11.3. The normalized spacial score (nSPS) is 15.1. The van der Waals surface area contributed by atoms with Gasteiger partial charge in [0.05, 0.1) is 6.42 Å². The van der Waals surface area contributed by atoms with Gasteiger partial charge in [-0.25, -0.2) is 0 Å². The number of nitrogens with one attached hydrogen (secondary N) is 2. The first-order valence-corrected chi connectivity index (χ1v) is 16.9. The molecule has 0 heterocycles. The predicted octanol–water partition coefficient (Wildman–Crippen LogP) is 2.43. The molecule has 11 heteroatoms. The molecule has 0 aromatic carbocycles. The van der Waals surface area contributed by atoms with Crippen molar-refractivity contribution in [2.24, 2.45) is 5.73 Å². The minimum absolute atomic E-state index is 0.0667. The minimum atomic E-state index is -2.50. The molecule has 5 N–H and O–H groups in total. The van der Waals surface area contributed by atoms with E-state index in [2.05, 4.69) is 10.6 Å². The van der Waals surface area contributed by atoms with Gasteiger partial charge in [0.2, 0.25) is 0 Å². The molecule has 0 aromatic rings. The molecular weight excluding hydrogens is 446 g/mol. The summed E-state index contributed by atoms with van der Waals surface area (Å²) in [6.45, 7) is 20.7. The average molecular weight is 492 g/mol. The maximum atomic E-state index is 13.2. The first-order chi connectivity index (χ1) is 14.3. The summed E-state index contributed by atoms with van der Waals surface area (Å²) in [4.78, 5) is 37.3.